The Balaban J connectivity index is 1.75. The summed E-state index contributed by atoms with van der Waals surface area (Å²) >= 11 is 5.82. The molecule has 2 aromatic carbocycles. The molecule has 0 saturated heterocycles. The van der Waals surface area contributed by atoms with Crippen molar-refractivity contribution in [2.24, 2.45) is 5.10 Å². The minimum absolute atomic E-state index is 0.000783. The molecule has 0 aliphatic heterocycles. The summed E-state index contributed by atoms with van der Waals surface area (Å²) in [6.45, 7) is 0.161. The van der Waals surface area contributed by atoms with Crippen molar-refractivity contribution >= 4 is 29.6 Å². The van der Waals surface area contributed by atoms with Crippen LogP contribution in [0.3, 0.4) is 0 Å². The van der Waals surface area contributed by atoms with E-state index in [1.165, 1.54) is 24.4 Å². The molecule has 0 heterocycles. The third-order valence-electron chi connectivity index (χ3n) is 3.37. The van der Waals surface area contributed by atoms with Gasteiger partial charge in [-0.05, 0) is 42.5 Å². The Hall–Kier alpha value is -3.06. The Morgan fingerprint density at radius 2 is 1.96 bits per heavy atom. The average Bonchev–Trinajstić information content (AvgIpc) is 2.64. The number of carbonyl (C=O) groups excluding carboxylic acids is 2. The molecule has 0 aliphatic rings. The lowest BCUT2D eigenvalue weighted by molar-refractivity contribution is -0.120. The van der Waals surface area contributed by atoms with Gasteiger partial charge in [0.1, 0.15) is 11.5 Å². The third kappa shape index (κ3) is 5.78. The number of benzene rings is 2. The van der Waals surface area contributed by atoms with Gasteiger partial charge in [-0.25, -0.2) is 5.43 Å². The molecule has 0 saturated carbocycles. The van der Waals surface area contributed by atoms with Crippen LogP contribution in [0, 0.1) is 0 Å². The van der Waals surface area contributed by atoms with Crippen LogP contribution >= 0.6 is 11.6 Å². The number of aromatic hydroxyl groups is 1. The Morgan fingerprint density at radius 1 is 1.23 bits per heavy atom. The highest BCUT2D eigenvalue weighted by molar-refractivity contribution is 6.30. The Morgan fingerprint density at radius 3 is 2.65 bits per heavy atom. The fraction of sp³-hybridized carbons (Fsp3) is 0.167. The second-order valence-corrected chi connectivity index (χ2v) is 5.67. The Kier molecular flexibility index (Phi) is 6.99. The Bertz CT molecular complexity index is 807. The van der Waals surface area contributed by atoms with Crippen LogP contribution in [0.1, 0.15) is 22.3 Å². The highest BCUT2D eigenvalue weighted by Crippen LogP contribution is 2.19. The zero-order valence-electron chi connectivity index (χ0n) is 14.0. The van der Waals surface area contributed by atoms with Gasteiger partial charge >= 0.3 is 0 Å². The monoisotopic (exact) mass is 375 g/mol. The second-order valence-electron chi connectivity index (χ2n) is 5.23. The predicted molar refractivity (Wildman–Crippen MR) is 98.8 cm³/mol. The van der Waals surface area contributed by atoms with Gasteiger partial charge in [-0.3, -0.25) is 9.59 Å². The largest absolute Gasteiger partial charge is 0.507 e. The van der Waals surface area contributed by atoms with Crippen LogP contribution in [0.15, 0.2) is 47.6 Å². The molecule has 0 atom stereocenters. The summed E-state index contributed by atoms with van der Waals surface area (Å²) < 4.78 is 5.02. The van der Waals surface area contributed by atoms with E-state index in [0.717, 1.165) is 0 Å². The number of phenolic OH excluding ortho intramolecular Hbond substituents is 1. The van der Waals surface area contributed by atoms with E-state index in [4.69, 9.17) is 16.3 Å². The van der Waals surface area contributed by atoms with E-state index >= 15 is 0 Å². The van der Waals surface area contributed by atoms with Gasteiger partial charge in [0.05, 0.1) is 13.3 Å². The first-order chi connectivity index (χ1) is 12.5. The van der Waals surface area contributed by atoms with E-state index in [1.54, 1.807) is 31.4 Å². The van der Waals surface area contributed by atoms with E-state index in [0.29, 0.717) is 21.9 Å². The smallest absolute Gasteiger partial charge is 0.251 e. The van der Waals surface area contributed by atoms with Gasteiger partial charge in [0.15, 0.2) is 0 Å². The molecule has 0 unspecified atom stereocenters. The summed E-state index contributed by atoms with van der Waals surface area (Å²) in [7, 11) is 1.55. The van der Waals surface area contributed by atoms with Crippen LogP contribution in [-0.4, -0.2) is 36.8 Å². The summed E-state index contributed by atoms with van der Waals surface area (Å²) in [5, 5.41) is 16.5. The quantitative estimate of drug-likeness (QED) is 0.510. The number of hydrogen-bond donors (Lipinski definition) is 3. The van der Waals surface area contributed by atoms with Gasteiger partial charge in [0.25, 0.3) is 5.91 Å². The minimum atomic E-state index is -0.377. The van der Waals surface area contributed by atoms with Gasteiger partial charge in [-0.15, -0.1) is 0 Å². The van der Waals surface area contributed by atoms with Crippen molar-refractivity contribution in [3.63, 3.8) is 0 Å². The first-order valence-corrected chi connectivity index (χ1v) is 8.10. The number of hydrazone groups is 1. The SMILES string of the molecule is COc1ccc(C(=O)NCCC(=O)NN=Cc2cc(Cl)ccc2O)cc1. The Labute approximate surface area is 155 Å². The standard InChI is InChI=1S/C18H18ClN3O4/c1-26-15-5-2-12(3-6-15)18(25)20-9-8-17(24)22-21-11-13-10-14(19)4-7-16(13)23/h2-7,10-11,23H,8-9H2,1H3,(H,20,25)(H,22,24). The van der Waals surface area contributed by atoms with Gasteiger partial charge in [-0.1, -0.05) is 11.6 Å². The van der Waals surface area contributed by atoms with Crippen LogP contribution in [-0.2, 0) is 4.79 Å². The molecule has 2 amide bonds. The maximum atomic E-state index is 11.9. The molecule has 26 heavy (non-hydrogen) atoms. The maximum absolute atomic E-state index is 11.9. The molecule has 0 fully saturated rings. The fourth-order valence-electron chi connectivity index (χ4n) is 1.99. The highest BCUT2D eigenvalue weighted by atomic mass is 35.5. The molecule has 2 aromatic rings. The van der Waals surface area contributed by atoms with Gasteiger partial charge in [-0.2, -0.15) is 5.10 Å². The number of carbonyl (C=O) groups is 2. The van der Waals surface area contributed by atoms with Crippen molar-refractivity contribution in [3.05, 3.63) is 58.6 Å². The van der Waals surface area contributed by atoms with Crippen molar-refractivity contribution in [3.8, 4) is 11.5 Å². The summed E-state index contributed by atoms with van der Waals surface area (Å²) in [5.74, 6) is -0.00529. The van der Waals surface area contributed by atoms with Crippen molar-refractivity contribution in [1.82, 2.24) is 10.7 Å². The topological polar surface area (TPSA) is 100 Å². The number of ether oxygens (including phenoxy) is 1. The molecular formula is C18H18ClN3O4. The zero-order valence-corrected chi connectivity index (χ0v) is 14.8. The molecule has 7 nitrogen and oxygen atoms in total. The molecule has 136 valence electrons. The van der Waals surface area contributed by atoms with E-state index in [-0.39, 0.29) is 30.5 Å². The fourth-order valence-corrected chi connectivity index (χ4v) is 2.17. The van der Waals surface area contributed by atoms with E-state index in [1.807, 2.05) is 0 Å². The lowest BCUT2D eigenvalue weighted by atomic mass is 10.2. The summed E-state index contributed by atoms with van der Waals surface area (Å²) in [6.07, 6.45) is 1.34. The van der Waals surface area contributed by atoms with Gasteiger partial charge < -0.3 is 15.2 Å². The second kappa shape index (κ2) is 9.43. The summed E-state index contributed by atoms with van der Waals surface area (Å²) in [6, 6.07) is 11.1. The van der Waals surface area contributed by atoms with Crippen LogP contribution in [0.5, 0.6) is 11.5 Å². The number of hydrogen-bond acceptors (Lipinski definition) is 5. The third-order valence-corrected chi connectivity index (χ3v) is 3.61. The molecule has 3 N–H and O–H groups in total. The molecule has 8 heteroatoms. The van der Waals surface area contributed by atoms with Crippen molar-refractivity contribution in [2.45, 2.75) is 6.42 Å². The van der Waals surface area contributed by atoms with Crippen LogP contribution in [0.2, 0.25) is 5.02 Å². The number of rotatable bonds is 7. The van der Waals surface area contributed by atoms with Crippen LogP contribution in [0.4, 0.5) is 0 Å². The van der Waals surface area contributed by atoms with Crippen molar-refractivity contribution < 1.29 is 19.4 Å². The zero-order chi connectivity index (χ0) is 18.9. The summed E-state index contributed by atoms with van der Waals surface area (Å²) in [5.41, 5.74) is 3.17. The lowest BCUT2D eigenvalue weighted by Crippen LogP contribution is -2.29. The predicted octanol–water partition coefficient (Wildman–Crippen LogP) is 2.32. The highest BCUT2D eigenvalue weighted by Gasteiger charge is 2.06. The number of nitrogens with zero attached hydrogens (tertiary/aromatic N) is 1. The van der Waals surface area contributed by atoms with Crippen LogP contribution in [0.25, 0.3) is 0 Å². The molecule has 0 bridgehead atoms. The van der Waals surface area contributed by atoms with E-state index in [9.17, 15) is 14.7 Å². The maximum Gasteiger partial charge on any atom is 0.251 e. The summed E-state index contributed by atoms with van der Waals surface area (Å²) in [4.78, 5) is 23.6. The molecule has 0 radical (unpaired) electrons. The first kappa shape index (κ1) is 19.3. The lowest BCUT2D eigenvalue weighted by Gasteiger charge is -2.05. The van der Waals surface area contributed by atoms with E-state index in [2.05, 4.69) is 15.8 Å². The molecule has 0 spiro atoms. The number of nitrogens with one attached hydrogen (secondary N) is 2. The number of phenols is 1. The molecule has 0 aromatic heterocycles. The molecule has 0 aliphatic carbocycles. The van der Waals surface area contributed by atoms with Crippen molar-refractivity contribution in [2.75, 3.05) is 13.7 Å². The average molecular weight is 376 g/mol. The molecular weight excluding hydrogens is 358 g/mol. The molecule has 2 rings (SSSR count). The first-order valence-electron chi connectivity index (χ1n) is 7.72. The van der Waals surface area contributed by atoms with Gasteiger partial charge in [0.2, 0.25) is 5.91 Å². The van der Waals surface area contributed by atoms with Crippen molar-refractivity contribution in [1.29, 1.82) is 0 Å². The number of halogens is 1. The van der Waals surface area contributed by atoms with E-state index < -0.39 is 0 Å². The minimum Gasteiger partial charge on any atom is -0.507 e. The number of amides is 2. The normalized spacial score (nSPS) is 10.5. The number of methoxy groups -OCH3 is 1. The van der Waals surface area contributed by atoms with Crippen LogP contribution < -0.4 is 15.5 Å². The van der Waals surface area contributed by atoms with Gasteiger partial charge in [0, 0.05) is 29.1 Å².